The van der Waals surface area contributed by atoms with Crippen molar-refractivity contribution >= 4 is 22.8 Å². The monoisotopic (exact) mass is 415 g/mol. The Morgan fingerprint density at radius 1 is 0.806 bits per heavy atom. The van der Waals surface area contributed by atoms with Crippen LogP contribution in [0.2, 0.25) is 0 Å². The summed E-state index contributed by atoms with van der Waals surface area (Å²) in [7, 11) is 2.51. The Kier molecular flexibility index (Phi) is 5.53. The molecule has 4 rings (SSSR count). The molecule has 0 aliphatic rings. The van der Waals surface area contributed by atoms with E-state index in [-0.39, 0.29) is 22.8 Å². The summed E-state index contributed by atoms with van der Waals surface area (Å²) >= 11 is 0. The van der Waals surface area contributed by atoms with Crippen molar-refractivity contribution in [1.29, 1.82) is 0 Å². The minimum Gasteiger partial charge on any atom is -0.465 e. The van der Waals surface area contributed by atoms with E-state index in [9.17, 15) is 9.59 Å². The molecule has 0 saturated carbocycles. The summed E-state index contributed by atoms with van der Waals surface area (Å²) in [6.45, 7) is 0. The van der Waals surface area contributed by atoms with E-state index in [0.29, 0.717) is 16.7 Å². The lowest BCUT2D eigenvalue weighted by Crippen LogP contribution is -2.07. The number of carbonyl (C=O) groups excluding carboxylic acids is 2. The van der Waals surface area contributed by atoms with E-state index >= 15 is 0 Å². The normalized spacial score (nSPS) is 10.5. The summed E-state index contributed by atoms with van der Waals surface area (Å²) in [5.41, 5.74) is 1.74. The molecule has 154 valence electrons. The fraction of sp³-hybridized carbons (Fsp3) is 0.0870. The zero-order valence-electron chi connectivity index (χ0n) is 16.7. The van der Waals surface area contributed by atoms with Crippen LogP contribution in [0.1, 0.15) is 20.7 Å². The number of pyridine rings is 1. The molecule has 0 fully saturated rings. The van der Waals surface area contributed by atoms with Gasteiger partial charge in [-0.15, -0.1) is 0 Å². The van der Waals surface area contributed by atoms with Crippen LogP contribution in [-0.2, 0) is 9.47 Å². The Hall–Kier alpha value is -4.33. The van der Waals surface area contributed by atoms with Crippen molar-refractivity contribution in [3.63, 3.8) is 0 Å². The third kappa shape index (κ3) is 4.18. The molecule has 0 spiro atoms. The number of hydrogen-bond donors (Lipinski definition) is 0. The first-order chi connectivity index (χ1) is 15.1. The Bertz CT molecular complexity index is 1240. The van der Waals surface area contributed by atoms with Gasteiger partial charge in [-0.3, -0.25) is 4.98 Å². The maximum Gasteiger partial charge on any atom is 0.338 e. The number of rotatable bonds is 5. The van der Waals surface area contributed by atoms with E-state index in [1.54, 1.807) is 24.5 Å². The molecule has 0 saturated heterocycles. The molecule has 0 N–H and O–H groups in total. The van der Waals surface area contributed by atoms with Gasteiger partial charge in [0, 0.05) is 18.0 Å². The van der Waals surface area contributed by atoms with E-state index in [2.05, 4.69) is 15.0 Å². The van der Waals surface area contributed by atoms with Gasteiger partial charge >= 0.3 is 11.9 Å². The predicted molar refractivity (Wildman–Crippen MR) is 112 cm³/mol. The van der Waals surface area contributed by atoms with Crippen LogP contribution in [0, 0.1) is 0 Å². The highest BCUT2D eigenvalue weighted by atomic mass is 16.5. The number of para-hydroxylation sites is 1. The highest BCUT2D eigenvalue weighted by Crippen LogP contribution is 2.31. The zero-order valence-corrected chi connectivity index (χ0v) is 16.7. The number of fused-ring (bicyclic) bond motifs is 1. The standard InChI is InChI=1S/C23H17N3O5/c1-29-22(27)15-11-16(23(28)30-2)13-17(12-15)31-21-18-5-3-4-6-19(18)25-20(26-21)14-7-9-24-10-8-14/h3-13H,1-2H3. The third-order valence-corrected chi connectivity index (χ3v) is 4.47. The molecular weight excluding hydrogens is 398 g/mol. The third-order valence-electron chi connectivity index (χ3n) is 4.47. The second kappa shape index (κ2) is 8.58. The maximum absolute atomic E-state index is 12.1. The molecule has 0 unspecified atom stereocenters. The minimum atomic E-state index is -0.611. The van der Waals surface area contributed by atoms with Crippen LogP contribution in [0.25, 0.3) is 22.3 Å². The average Bonchev–Trinajstić information content (AvgIpc) is 2.83. The largest absolute Gasteiger partial charge is 0.465 e. The van der Waals surface area contributed by atoms with Gasteiger partial charge in [0.25, 0.3) is 0 Å². The van der Waals surface area contributed by atoms with Crippen LogP contribution in [0.4, 0.5) is 0 Å². The van der Waals surface area contributed by atoms with Crippen molar-refractivity contribution in [3.05, 3.63) is 78.1 Å². The molecule has 8 nitrogen and oxygen atoms in total. The van der Waals surface area contributed by atoms with E-state index in [1.807, 2.05) is 24.3 Å². The molecule has 0 radical (unpaired) electrons. The van der Waals surface area contributed by atoms with Gasteiger partial charge in [-0.05, 0) is 42.5 Å². The second-order valence-corrected chi connectivity index (χ2v) is 6.44. The van der Waals surface area contributed by atoms with Gasteiger partial charge in [-0.25, -0.2) is 14.6 Å². The molecule has 0 aliphatic heterocycles. The molecular formula is C23H17N3O5. The van der Waals surface area contributed by atoms with Gasteiger partial charge in [-0.1, -0.05) is 12.1 Å². The van der Waals surface area contributed by atoms with Crippen LogP contribution < -0.4 is 4.74 Å². The number of aromatic nitrogens is 3. The highest BCUT2D eigenvalue weighted by molar-refractivity contribution is 5.96. The molecule has 31 heavy (non-hydrogen) atoms. The number of esters is 2. The Labute approximate surface area is 177 Å². The van der Waals surface area contributed by atoms with Gasteiger partial charge < -0.3 is 14.2 Å². The fourth-order valence-electron chi connectivity index (χ4n) is 3.00. The lowest BCUT2D eigenvalue weighted by atomic mass is 10.1. The second-order valence-electron chi connectivity index (χ2n) is 6.44. The Morgan fingerprint density at radius 3 is 2.10 bits per heavy atom. The summed E-state index contributed by atoms with van der Waals surface area (Å²) in [6, 6.07) is 15.3. The average molecular weight is 415 g/mol. The van der Waals surface area contributed by atoms with E-state index in [1.165, 1.54) is 32.4 Å². The van der Waals surface area contributed by atoms with Crippen molar-refractivity contribution in [3.8, 4) is 23.0 Å². The van der Waals surface area contributed by atoms with E-state index in [0.717, 1.165) is 5.56 Å². The van der Waals surface area contributed by atoms with Crippen molar-refractivity contribution in [2.45, 2.75) is 0 Å². The van der Waals surface area contributed by atoms with Crippen LogP contribution >= 0.6 is 0 Å². The molecule has 0 aliphatic carbocycles. The number of ether oxygens (including phenoxy) is 3. The highest BCUT2D eigenvalue weighted by Gasteiger charge is 2.17. The molecule has 8 heteroatoms. The lowest BCUT2D eigenvalue weighted by molar-refractivity contribution is 0.0598. The first-order valence-corrected chi connectivity index (χ1v) is 9.26. The lowest BCUT2D eigenvalue weighted by Gasteiger charge is -2.12. The van der Waals surface area contributed by atoms with E-state index < -0.39 is 11.9 Å². The van der Waals surface area contributed by atoms with Gasteiger partial charge in [-0.2, -0.15) is 4.98 Å². The number of carbonyl (C=O) groups is 2. The number of nitrogens with zero attached hydrogens (tertiary/aromatic N) is 3. The smallest absolute Gasteiger partial charge is 0.338 e. The summed E-state index contributed by atoms with van der Waals surface area (Å²) in [6.07, 6.45) is 3.30. The molecule has 0 amide bonds. The quantitative estimate of drug-likeness (QED) is 0.450. The number of hydrogen-bond acceptors (Lipinski definition) is 8. The minimum absolute atomic E-state index is 0.146. The SMILES string of the molecule is COC(=O)c1cc(Oc2nc(-c3ccncc3)nc3ccccc23)cc(C(=O)OC)c1. The first kappa shape index (κ1) is 20.0. The summed E-state index contributed by atoms with van der Waals surface area (Å²) in [5, 5.41) is 0.670. The van der Waals surface area contributed by atoms with Crippen LogP contribution in [0.5, 0.6) is 11.6 Å². The molecule has 0 atom stereocenters. The van der Waals surface area contributed by atoms with E-state index in [4.69, 9.17) is 14.2 Å². The van der Waals surface area contributed by atoms with Crippen molar-refractivity contribution in [1.82, 2.24) is 15.0 Å². The molecule has 0 bridgehead atoms. The van der Waals surface area contributed by atoms with Gasteiger partial charge in [0.2, 0.25) is 5.88 Å². The van der Waals surface area contributed by atoms with Gasteiger partial charge in [0.05, 0.1) is 36.2 Å². The molecule has 2 aromatic carbocycles. The van der Waals surface area contributed by atoms with Gasteiger partial charge in [0.15, 0.2) is 5.82 Å². The topological polar surface area (TPSA) is 101 Å². The number of methoxy groups -OCH3 is 2. The van der Waals surface area contributed by atoms with Crippen molar-refractivity contribution < 1.29 is 23.8 Å². The van der Waals surface area contributed by atoms with Crippen LogP contribution in [0.15, 0.2) is 67.0 Å². The molecule has 4 aromatic rings. The Balaban J connectivity index is 1.84. The van der Waals surface area contributed by atoms with Gasteiger partial charge in [0.1, 0.15) is 5.75 Å². The molecule has 2 aromatic heterocycles. The summed E-state index contributed by atoms with van der Waals surface area (Å²) in [4.78, 5) is 37.3. The zero-order chi connectivity index (χ0) is 21.8. The van der Waals surface area contributed by atoms with Crippen LogP contribution in [0.3, 0.4) is 0 Å². The Morgan fingerprint density at radius 2 is 1.45 bits per heavy atom. The fourth-order valence-corrected chi connectivity index (χ4v) is 3.00. The maximum atomic E-state index is 12.1. The van der Waals surface area contributed by atoms with Crippen molar-refractivity contribution in [2.24, 2.45) is 0 Å². The van der Waals surface area contributed by atoms with Crippen molar-refractivity contribution in [2.75, 3.05) is 14.2 Å². The van der Waals surface area contributed by atoms with Crippen LogP contribution in [-0.4, -0.2) is 41.1 Å². The summed E-state index contributed by atoms with van der Waals surface area (Å²) in [5.74, 6) is -0.266. The predicted octanol–water partition coefficient (Wildman–Crippen LogP) is 4.06. The molecule has 2 heterocycles. The summed E-state index contributed by atoms with van der Waals surface area (Å²) < 4.78 is 15.6. The number of benzene rings is 2. The first-order valence-electron chi connectivity index (χ1n) is 9.26.